The van der Waals surface area contributed by atoms with Gasteiger partial charge in [-0.3, -0.25) is 0 Å². The molecule has 0 saturated carbocycles. The van der Waals surface area contributed by atoms with Gasteiger partial charge in [0.15, 0.2) is 0 Å². The molecule has 0 aliphatic carbocycles. The maximum absolute atomic E-state index is 3.30. The average molecular weight is 217 g/mol. The SMILES string of the molecule is Cc1cccc(C)c1N[C]CCC(C)(C)C. The van der Waals surface area contributed by atoms with E-state index < -0.39 is 0 Å². The Balaban J connectivity index is 2.43. The van der Waals surface area contributed by atoms with E-state index >= 15 is 0 Å². The van der Waals surface area contributed by atoms with Gasteiger partial charge in [0.2, 0.25) is 0 Å². The Bertz CT molecular complexity index is 314. The molecule has 1 nitrogen and oxygen atoms in total. The number of anilines is 1. The third-order valence-electron chi connectivity index (χ3n) is 2.69. The lowest BCUT2D eigenvalue weighted by Crippen LogP contribution is -2.07. The van der Waals surface area contributed by atoms with Gasteiger partial charge in [0.25, 0.3) is 0 Å². The standard InChI is InChI=1S/C15H23N/c1-12-8-6-9-13(2)14(12)16-11-7-10-15(3,4)5/h6,8-9,16H,7,10H2,1-5H3. The largest absolute Gasteiger partial charge is 0.374 e. The lowest BCUT2D eigenvalue weighted by Gasteiger charge is -2.18. The summed E-state index contributed by atoms with van der Waals surface area (Å²) in [5.74, 6) is 0. The molecule has 1 aromatic rings. The van der Waals surface area contributed by atoms with Crippen molar-refractivity contribution in [1.29, 1.82) is 0 Å². The number of aryl methyl sites for hydroxylation is 2. The topological polar surface area (TPSA) is 12.0 Å². The molecule has 0 saturated heterocycles. The molecule has 0 spiro atoms. The minimum Gasteiger partial charge on any atom is -0.374 e. The monoisotopic (exact) mass is 217 g/mol. The third kappa shape index (κ3) is 4.26. The Morgan fingerprint density at radius 1 is 1.12 bits per heavy atom. The Morgan fingerprint density at radius 2 is 1.69 bits per heavy atom. The predicted molar refractivity (Wildman–Crippen MR) is 71.5 cm³/mol. The summed E-state index contributed by atoms with van der Waals surface area (Å²) in [6.45, 7) is 14.3. The molecule has 0 fully saturated rings. The van der Waals surface area contributed by atoms with Crippen molar-refractivity contribution in [2.75, 3.05) is 5.32 Å². The van der Waals surface area contributed by atoms with Crippen LogP contribution in [-0.4, -0.2) is 0 Å². The van der Waals surface area contributed by atoms with E-state index in [0.29, 0.717) is 5.41 Å². The Labute approximate surface area is 100 Å². The van der Waals surface area contributed by atoms with Crippen LogP contribution in [0.1, 0.15) is 44.7 Å². The maximum Gasteiger partial charge on any atom is 0.0880 e. The molecule has 16 heavy (non-hydrogen) atoms. The minimum absolute atomic E-state index is 0.384. The zero-order chi connectivity index (χ0) is 12.2. The van der Waals surface area contributed by atoms with Crippen LogP contribution in [0.25, 0.3) is 0 Å². The van der Waals surface area contributed by atoms with E-state index in [1.165, 1.54) is 16.8 Å². The van der Waals surface area contributed by atoms with Gasteiger partial charge in [0, 0.05) is 5.69 Å². The van der Waals surface area contributed by atoms with Crippen molar-refractivity contribution in [3.63, 3.8) is 0 Å². The summed E-state index contributed by atoms with van der Waals surface area (Å²) in [6.07, 6.45) is 2.14. The highest BCUT2D eigenvalue weighted by Crippen LogP contribution is 2.23. The molecule has 0 bridgehead atoms. The number of rotatable bonds is 4. The third-order valence-corrected chi connectivity index (χ3v) is 2.69. The molecule has 1 rings (SSSR count). The molecule has 2 radical (unpaired) electrons. The molecule has 0 unspecified atom stereocenters. The first-order chi connectivity index (χ1) is 7.40. The molecule has 1 N–H and O–H groups in total. The predicted octanol–water partition coefficient (Wildman–Crippen LogP) is 4.58. The summed E-state index contributed by atoms with van der Waals surface area (Å²) in [4.78, 5) is 0. The fourth-order valence-electron chi connectivity index (χ4n) is 1.60. The van der Waals surface area contributed by atoms with Crippen LogP contribution in [0, 0.1) is 25.8 Å². The first kappa shape index (κ1) is 13.1. The van der Waals surface area contributed by atoms with Gasteiger partial charge in [-0.25, -0.2) is 0 Å². The smallest absolute Gasteiger partial charge is 0.0880 e. The second-order valence-electron chi connectivity index (χ2n) is 5.63. The number of hydrogen-bond acceptors (Lipinski definition) is 1. The van der Waals surface area contributed by atoms with Gasteiger partial charge in [0.05, 0.1) is 6.54 Å². The van der Waals surface area contributed by atoms with Crippen LogP contribution in [0.3, 0.4) is 0 Å². The Hall–Kier alpha value is -0.980. The van der Waals surface area contributed by atoms with Crippen molar-refractivity contribution in [3.8, 4) is 0 Å². The van der Waals surface area contributed by atoms with E-state index in [1.54, 1.807) is 0 Å². The summed E-state index contributed by atoms with van der Waals surface area (Å²) < 4.78 is 0. The first-order valence-corrected chi connectivity index (χ1v) is 5.95. The van der Waals surface area contributed by atoms with Crippen LogP contribution < -0.4 is 5.32 Å². The number of benzene rings is 1. The summed E-state index contributed by atoms with van der Waals surface area (Å²) in [7, 11) is 0. The van der Waals surface area contributed by atoms with Crippen LogP contribution in [0.5, 0.6) is 0 Å². The second-order valence-corrected chi connectivity index (χ2v) is 5.63. The van der Waals surface area contributed by atoms with Gasteiger partial charge in [-0.2, -0.15) is 0 Å². The molecular formula is C15H23N. The lowest BCUT2D eigenvalue weighted by atomic mass is 9.90. The molecule has 88 valence electrons. The van der Waals surface area contributed by atoms with Crippen LogP contribution in [0.4, 0.5) is 5.69 Å². The number of nitrogens with one attached hydrogen (secondary N) is 1. The molecule has 0 aromatic heterocycles. The van der Waals surface area contributed by atoms with Crippen LogP contribution in [0.15, 0.2) is 18.2 Å². The van der Waals surface area contributed by atoms with Crippen molar-refractivity contribution in [3.05, 3.63) is 35.9 Å². The summed E-state index contributed by atoms with van der Waals surface area (Å²) in [5.41, 5.74) is 4.15. The van der Waals surface area contributed by atoms with Crippen molar-refractivity contribution in [2.24, 2.45) is 5.41 Å². The first-order valence-electron chi connectivity index (χ1n) is 5.95. The highest BCUT2D eigenvalue weighted by Gasteiger charge is 2.09. The van der Waals surface area contributed by atoms with Crippen LogP contribution in [-0.2, 0) is 0 Å². The summed E-state index contributed by atoms with van der Waals surface area (Å²) in [5, 5.41) is 3.30. The van der Waals surface area contributed by atoms with E-state index in [2.05, 4.69) is 64.7 Å². The molecule has 0 heterocycles. The van der Waals surface area contributed by atoms with Gasteiger partial charge in [-0.15, -0.1) is 0 Å². The Morgan fingerprint density at radius 3 is 2.19 bits per heavy atom. The molecule has 1 heteroatoms. The molecule has 0 atom stereocenters. The highest BCUT2D eigenvalue weighted by molar-refractivity contribution is 5.57. The van der Waals surface area contributed by atoms with Gasteiger partial charge < -0.3 is 5.32 Å². The zero-order valence-corrected chi connectivity index (χ0v) is 11.1. The van der Waals surface area contributed by atoms with Crippen LogP contribution in [0.2, 0.25) is 0 Å². The lowest BCUT2D eigenvalue weighted by molar-refractivity contribution is 0.377. The van der Waals surface area contributed by atoms with Crippen molar-refractivity contribution in [1.82, 2.24) is 0 Å². The van der Waals surface area contributed by atoms with Crippen molar-refractivity contribution < 1.29 is 0 Å². The van der Waals surface area contributed by atoms with E-state index in [-0.39, 0.29) is 0 Å². The van der Waals surface area contributed by atoms with E-state index in [9.17, 15) is 0 Å². The van der Waals surface area contributed by atoms with Crippen LogP contribution >= 0.6 is 0 Å². The van der Waals surface area contributed by atoms with E-state index in [4.69, 9.17) is 0 Å². The molecule has 0 aliphatic heterocycles. The fraction of sp³-hybridized carbons (Fsp3) is 0.533. The van der Waals surface area contributed by atoms with E-state index in [0.717, 1.165) is 12.8 Å². The Kier molecular flexibility index (Phi) is 4.40. The summed E-state index contributed by atoms with van der Waals surface area (Å²) in [6, 6.07) is 6.34. The number of hydrogen-bond donors (Lipinski definition) is 1. The molecular weight excluding hydrogens is 194 g/mol. The fourth-order valence-corrected chi connectivity index (χ4v) is 1.60. The zero-order valence-electron chi connectivity index (χ0n) is 11.1. The minimum atomic E-state index is 0.384. The molecule has 0 amide bonds. The van der Waals surface area contributed by atoms with Crippen molar-refractivity contribution >= 4 is 5.69 Å². The molecule has 1 aromatic carbocycles. The van der Waals surface area contributed by atoms with Gasteiger partial charge >= 0.3 is 0 Å². The second kappa shape index (κ2) is 5.38. The highest BCUT2D eigenvalue weighted by atomic mass is 14.9. The van der Waals surface area contributed by atoms with Crippen molar-refractivity contribution in [2.45, 2.75) is 47.5 Å². The summed E-state index contributed by atoms with van der Waals surface area (Å²) >= 11 is 0. The quantitative estimate of drug-likeness (QED) is 0.575. The molecule has 0 aliphatic rings. The average Bonchev–Trinajstić information content (AvgIpc) is 2.14. The van der Waals surface area contributed by atoms with Gasteiger partial charge in [-0.1, -0.05) is 39.0 Å². The maximum atomic E-state index is 3.30. The number of para-hydroxylation sites is 1. The normalized spacial score (nSPS) is 11.6. The van der Waals surface area contributed by atoms with E-state index in [1.807, 2.05) is 0 Å². The van der Waals surface area contributed by atoms with Gasteiger partial charge in [0.1, 0.15) is 0 Å². The van der Waals surface area contributed by atoms with Gasteiger partial charge in [-0.05, 0) is 43.2 Å².